The number of nitrogens with zero attached hydrogens (tertiary/aromatic N) is 2. The van der Waals surface area contributed by atoms with Crippen LogP contribution in [-0.4, -0.2) is 62.0 Å². The third kappa shape index (κ3) is 4.28. The van der Waals surface area contributed by atoms with E-state index in [0.29, 0.717) is 6.54 Å². The van der Waals surface area contributed by atoms with Crippen LogP contribution in [0, 0.1) is 5.92 Å². The first-order chi connectivity index (χ1) is 7.25. The molecule has 0 radical (unpaired) electrons. The molecule has 1 aliphatic heterocycles. The van der Waals surface area contributed by atoms with Crippen LogP contribution in [0.1, 0.15) is 12.8 Å². The van der Waals surface area contributed by atoms with E-state index < -0.39 is 0 Å². The number of carbonyl (C=O) groups is 1. The van der Waals surface area contributed by atoms with Crippen LogP contribution in [-0.2, 0) is 4.79 Å². The predicted molar refractivity (Wildman–Crippen MR) is 66.9 cm³/mol. The van der Waals surface area contributed by atoms with E-state index >= 15 is 0 Å². The average molecular weight is 248 g/mol. The van der Waals surface area contributed by atoms with Gasteiger partial charge in [-0.1, -0.05) is 0 Å². The number of piperazine rings is 1. The average Bonchev–Trinajstić information content (AvgIpc) is 3.02. The van der Waals surface area contributed by atoms with Crippen molar-refractivity contribution in [3.63, 3.8) is 0 Å². The van der Waals surface area contributed by atoms with E-state index in [0.717, 1.165) is 38.6 Å². The second-order valence-corrected chi connectivity index (χ2v) is 4.76. The highest BCUT2D eigenvalue weighted by atomic mass is 35.5. The quantitative estimate of drug-likeness (QED) is 0.770. The van der Waals surface area contributed by atoms with Crippen molar-refractivity contribution in [3.05, 3.63) is 0 Å². The minimum absolute atomic E-state index is 0. The lowest BCUT2D eigenvalue weighted by Gasteiger charge is -2.32. The molecular formula is C11H22ClN3O. The lowest BCUT2D eigenvalue weighted by Crippen LogP contribution is -2.49. The summed E-state index contributed by atoms with van der Waals surface area (Å²) in [6.45, 7) is 5.35. The first kappa shape index (κ1) is 13.7. The van der Waals surface area contributed by atoms with Crippen molar-refractivity contribution < 1.29 is 4.79 Å². The lowest BCUT2D eigenvalue weighted by atomic mass is 10.3. The molecule has 0 bridgehead atoms. The van der Waals surface area contributed by atoms with Crippen LogP contribution in [0.2, 0.25) is 0 Å². The van der Waals surface area contributed by atoms with E-state index in [-0.39, 0.29) is 18.3 Å². The van der Waals surface area contributed by atoms with Gasteiger partial charge in [0.2, 0.25) is 5.91 Å². The van der Waals surface area contributed by atoms with Gasteiger partial charge in [0.05, 0.1) is 6.54 Å². The summed E-state index contributed by atoms with van der Waals surface area (Å²) in [4.78, 5) is 16.0. The van der Waals surface area contributed by atoms with Crippen molar-refractivity contribution >= 4 is 18.3 Å². The zero-order valence-electron chi connectivity index (χ0n) is 9.95. The maximum absolute atomic E-state index is 11.8. The predicted octanol–water partition coefficient (Wildman–Crippen LogP) is 0.182. The molecule has 1 saturated heterocycles. The Labute approximate surface area is 104 Å². The topological polar surface area (TPSA) is 35.6 Å². The molecule has 1 saturated carbocycles. The third-order valence-corrected chi connectivity index (χ3v) is 3.26. The van der Waals surface area contributed by atoms with Crippen LogP contribution in [0.15, 0.2) is 0 Å². The molecule has 1 amide bonds. The van der Waals surface area contributed by atoms with Gasteiger partial charge in [-0.15, -0.1) is 12.4 Å². The molecule has 0 unspecified atom stereocenters. The maximum atomic E-state index is 11.8. The Morgan fingerprint density at radius 3 is 2.44 bits per heavy atom. The standard InChI is InChI=1S/C11H21N3O.ClH/c1-13-4-6-14(7-5-13)11(15)9-12-8-10-2-3-10;/h10,12H,2-9H2,1H3;1H. The number of halogens is 1. The fraction of sp³-hybridized carbons (Fsp3) is 0.909. The fourth-order valence-electron chi connectivity index (χ4n) is 1.87. The van der Waals surface area contributed by atoms with Crippen LogP contribution < -0.4 is 5.32 Å². The second kappa shape index (κ2) is 6.42. The van der Waals surface area contributed by atoms with E-state index in [1.165, 1.54) is 12.8 Å². The number of rotatable bonds is 4. The highest BCUT2D eigenvalue weighted by molar-refractivity contribution is 5.85. The molecule has 0 aromatic carbocycles. The molecular weight excluding hydrogens is 226 g/mol. The summed E-state index contributed by atoms with van der Waals surface area (Å²) < 4.78 is 0. The van der Waals surface area contributed by atoms with Crippen molar-refractivity contribution in [3.8, 4) is 0 Å². The van der Waals surface area contributed by atoms with Crippen LogP contribution in [0.25, 0.3) is 0 Å². The summed E-state index contributed by atoms with van der Waals surface area (Å²) in [5, 5.41) is 3.25. The zero-order valence-corrected chi connectivity index (χ0v) is 10.8. The Hall–Kier alpha value is -0.320. The van der Waals surface area contributed by atoms with Crippen molar-refractivity contribution in [2.45, 2.75) is 12.8 Å². The number of likely N-dealkylation sites (N-methyl/N-ethyl adjacent to an activating group) is 1. The Balaban J connectivity index is 0.00000128. The van der Waals surface area contributed by atoms with E-state index in [1.54, 1.807) is 0 Å². The smallest absolute Gasteiger partial charge is 0.236 e. The van der Waals surface area contributed by atoms with Crippen LogP contribution in [0.4, 0.5) is 0 Å². The third-order valence-electron chi connectivity index (χ3n) is 3.26. The number of carbonyl (C=O) groups excluding carboxylic acids is 1. The van der Waals surface area contributed by atoms with E-state index in [4.69, 9.17) is 0 Å². The van der Waals surface area contributed by atoms with Crippen molar-refractivity contribution in [1.82, 2.24) is 15.1 Å². The van der Waals surface area contributed by atoms with Gasteiger partial charge in [0.1, 0.15) is 0 Å². The maximum Gasteiger partial charge on any atom is 0.236 e. The molecule has 2 fully saturated rings. The Bertz CT molecular complexity index is 225. The molecule has 1 heterocycles. The SMILES string of the molecule is CN1CCN(C(=O)CNCC2CC2)CC1.Cl. The molecule has 1 aliphatic carbocycles. The molecule has 0 aromatic rings. The second-order valence-electron chi connectivity index (χ2n) is 4.76. The Kier molecular flexibility index (Phi) is 5.52. The van der Waals surface area contributed by atoms with Gasteiger partial charge in [0.25, 0.3) is 0 Å². The highest BCUT2D eigenvalue weighted by Gasteiger charge is 2.22. The molecule has 1 N–H and O–H groups in total. The van der Waals surface area contributed by atoms with Crippen LogP contribution >= 0.6 is 12.4 Å². The zero-order chi connectivity index (χ0) is 10.7. The monoisotopic (exact) mass is 247 g/mol. The van der Waals surface area contributed by atoms with Gasteiger partial charge in [-0.2, -0.15) is 0 Å². The van der Waals surface area contributed by atoms with Gasteiger partial charge in [0.15, 0.2) is 0 Å². The summed E-state index contributed by atoms with van der Waals surface area (Å²) in [5.41, 5.74) is 0. The molecule has 4 nitrogen and oxygen atoms in total. The van der Waals surface area contributed by atoms with Crippen molar-refractivity contribution in [2.75, 3.05) is 46.3 Å². The Morgan fingerprint density at radius 2 is 1.88 bits per heavy atom. The van der Waals surface area contributed by atoms with Crippen molar-refractivity contribution in [2.24, 2.45) is 5.92 Å². The van der Waals surface area contributed by atoms with Gasteiger partial charge in [-0.05, 0) is 32.4 Å². The largest absolute Gasteiger partial charge is 0.339 e. The van der Waals surface area contributed by atoms with E-state index in [1.807, 2.05) is 4.90 Å². The molecule has 0 atom stereocenters. The number of hydrogen-bond donors (Lipinski definition) is 1. The highest BCUT2D eigenvalue weighted by Crippen LogP contribution is 2.27. The summed E-state index contributed by atoms with van der Waals surface area (Å²) in [6, 6.07) is 0. The summed E-state index contributed by atoms with van der Waals surface area (Å²) >= 11 is 0. The Morgan fingerprint density at radius 1 is 1.25 bits per heavy atom. The molecule has 2 rings (SSSR count). The van der Waals surface area contributed by atoms with Gasteiger partial charge in [-0.25, -0.2) is 0 Å². The number of hydrogen-bond acceptors (Lipinski definition) is 3. The van der Waals surface area contributed by atoms with Crippen LogP contribution in [0.5, 0.6) is 0 Å². The van der Waals surface area contributed by atoms with E-state index in [9.17, 15) is 4.79 Å². The molecule has 2 aliphatic rings. The molecule has 0 aromatic heterocycles. The van der Waals surface area contributed by atoms with Crippen molar-refractivity contribution in [1.29, 1.82) is 0 Å². The fourth-order valence-corrected chi connectivity index (χ4v) is 1.87. The van der Waals surface area contributed by atoms with E-state index in [2.05, 4.69) is 17.3 Å². The summed E-state index contributed by atoms with van der Waals surface area (Å²) in [6.07, 6.45) is 2.69. The molecule has 94 valence electrons. The first-order valence-corrected chi connectivity index (χ1v) is 5.93. The minimum Gasteiger partial charge on any atom is -0.339 e. The molecule has 5 heteroatoms. The first-order valence-electron chi connectivity index (χ1n) is 5.93. The summed E-state index contributed by atoms with van der Waals surface area (Å²) in [7, 11) is 2.10. The number of amides is 1. The van der Waals surface area contributed by atoms with Crippen LogP contribution in [0.3, 0.4) is 0 Å². The van der Waals surface area contributed by atoms with Gasteiger partial charge in [-0.3, -0.25) is 4.79 Å². The van der Waals surface area contributed by atoms with Gasteiger partial charge < -0.3 is 15.1 Å². The lowest BCUT2D eigenvalue weighted by molar-refractivity contribution is -0.131. The number of nitrogens with one attached hydrogen (secondary N) is 1. The summed E-state index contributed by atoms with van der Waals surface area (Å²) in [5.74, 6) is 1.12. The van der Waals surface area contributed by atoms with Gasteiger partial charge in [0, 0.05) is 26.2 Å². The molecule has 16 heavy (non-hydrogen) atoms. The minimum atomic E-state index is 0. The normalized spacial score (nSPS) is 21.7. The molecule has 0 spiro atoms. The van der Waals surface area contributed by atoms with Gasteiger partial charge >= 0.3 is 0 Å².